The van der Waals surface area contributed by atoms with E-state index in [9.17, 15) is 5.11 Å². The van der Waals surface area contributed by atoms with Crippen molar-refractivity contribution in [2.45, 2.75) is 18.6 Å². The van der Waals surface area contributed by atoms with Crippen LogP contribution in [0.25, 0.3) is 0 Å². The van der Waals surface area contributed by atoms with Gasteiger partial charge in [-0.3, -0.25) is 0 Å². The molecule has 0 radical (unpaired) electrons. The van der Waals surface area contributed by atoms with E-state index in [0.29, 0.717) is 0 Å². The predicted octanol–water partition coefficient (Wildman–Crippen LogP) is -2.95. The lowest BCUT2D eigenvalue weighted by Crippen LogP contribution is -2.46. The highest BCUT2D eigenvalue weighted by atomic mass is 16.3. The smallest absolute Gasteiger partial charge is 0.0795 e. The van der Waals surface area contributed by atoms with Crippen LogP contribution in [-0.4, -0.2) is 69.3 Å². The van der Waals surface area contributed by atoms with Gasteiger partial charge in [-0.25, -0.2) is 0 Å². The Morgan fingerprint density at radius 2 is 1.29 bits per heavy atom. The number of rotatable bonds is 7. The summed E-state index contributed by atoms with van der Waals surface area (Å²) in [5.74, 6) is 0. The van der Waals surface area contributed by atoms with Gasteiger partial charge in [-0.15, -0.1) is 0 Å². The van der Waals surface area contributed by atoms with Crippen LogP contribution >= 0.6 is 0 Å². The van der Waals surface area contributed by atoms with E-state index in [1.165, 1.54) is 0 Å². The minimum atomic E-state index is -1.43. The summed E-state index contributed by atoms with van der Waals surface area (Å²) in [6.07, 6.45) is -2.61. The van der Waals surface area contributed by atoms with Crippen molar-refractivity contribution in [1.82, 2.24) is 0 Å². The Kier molecular flexibility index (Phi) is 6.17. The molecule has 2 atom stereocenters. The van der Waals surface area contributed by atoms with Crippen LogP contribution < -0.4 is 0 Å². The van der Waals surface area contributed by atoms with E-state index in [4.69, 9.17) is 25.5 Å². The Bertz CT molecular complexity index is 139. The van der Waals surface area contributed by atoms with Crippen LogP contribution in [0.3, 0.4) is 0 Å². The summed E-state index contributed by atoms with van der Waals surface area (Å²) in [6.45, 7) is -2.31. The Labute approximate surface area is 82.1 Å². The molecule has 14 heavy (non-hydrogen) atoms. The normalized spacial score (nSPS) is 16.7. The Morgan fingerprint density at radius 3 is 1.57 bits per heavy atom. The van der Waals surface area contributed by atoms with Gasteiger partial charge in [0.15, 0.2) is 0 Å². The zero-order chi connectivity index (χ0) is 11.2. The highest BCUT2D eigenvalue weighted by molar-refractivity contribution is 4.86. The van der Waals surface area contributed by atoms with Gasteiger partial charge in [0.2, 0.25) is 0 Å². The molecule has 0 aliphatic rings. The molecule has 0 amide bonds. The van der Waals surface area contributed by atoms with Gasteiger partial charge >= 0.3 is 0 Å². The first kappa shape index (κ1) is 13.8. The molecule has 0 saturated heterocycles. The molecule has 0 aliphatic heterocycles. The SMILES string of the molecule is OCC(O)CC(O)C(CO)(CO)CO. The molecule has 6 nitrogen and oxygen atoms in total. The third-order valence-corrected chi connectivity index (χ3v) is 2.36. The van der Waals surface area contributed by atoms with Crippen molar-refractivity contribution in [3.05, 3.63) is 0 Å². The molecule has 6 N–H and O–H groups in total. The van der Waals surface area contributed by atoms with Gasteiger partial charge < -0.3 is 30.6 Å². The maximum absolute atomic E-state index is 9.51. The summed E-state index contributed by atoms with van der Waals surface area (Å²) in [5.41, 5.74) is -1.43. The van der Waals surface area contributed by atoms with E-state index in [2.05, 4.69) is 0 Å². The fraction of sp³-hybridized carbons (Fsp3) is 1.00. The second kappa shape index (κ2) is 6.28. The minimum Gasteiger partial charge on any atom is -0.396 e. The van der Waals surface area contributed by atoms with Crippen LogP contribution in [0.4, 0.5) is 0 Å². The van der Waals surface area contributed by atoms with E-state index in [1.807, 2.05) is 0 Å². The van der Waals surface area contributed by atoms with Crippen molar-refractivity contribution >= 4 is 0 Å². The van der Waals surface area contributed by atoms with Gasteiger partial charge in [-0.2, -0.15) is 0 Å². The maximum atomic E-state index is 9.51. The lowest BCUT2D eigenvalue weighted by atomic mass is 9.82. The Morgan fingerprint density at radius 1 is 0.857 bits per heavy atom. The molecule has 0 rings (SSSR count). The predicted molar refractivity (Wildman–Crippen MR) is 47.4 cm³/mol. The number of hydrogen-bond acceptors (Lipinski definition) is 6. The first-order valence-electron chi connectivity index (χ1n) is 4.36. The van der Waals surface area contributed by atoms with Gasteiger partial charge in [-0.1, -0.05) is 0 Å². The van der Waals surface area contributed by atoms with Crippen LogP contribution in [0.2, 0.25) is 0 Å². The number of hydrogen-bond donors (Lipinski definition) is 6. The summed E-state index contributed by atoms with van der Waals surface area (Å²) < 4.78 is 0. The second-order valence-electron chi connectivity index (χ2n) is 3.42. The van der Waals surface area contributed by atoms with Gasteiger partial charge in [0.05, 0.1) is 44.1 Å². The molecule has 0 aromatic heterocycles. The van der Waals surface area contributed by atoms with Crippen molar-refractivity contribution in [3.63, 3.8) is 0 Å². The monoisotopic (exact) mass is 210 g/mol. The first-order valence-corrected chi connectivity index (χ1v) is 4.36. The zero-order valence-corrected chi connectivity index (χ0v) is 7.87. The summed E-state index contributed by atoms with van der Waals surface area (Å²) in [7, 11) is 0. The average Bonchev–Trinajstić information content (AvgIpc) is 2.21. The van der Waals surface area contributed by atoms with Crippen LogP contribution in [0.1, 0.15) is 6.42 Å². The minimum absolute atomic E-state index is 0.210. The molecule has 2 unspecified atom stereocenters. The van der Waals surface area contributed by atoms with Crippen molar-refractivity contribution in [3.8, 4) is 0 Å². The third-order valence-electron chi connectivity index (χ3n) is 2.36. The van der Waals surface area contributed by atoms with Crippen molar-refractivity contribution < 1.29 is 30.6 Å². The molecular formula is C8H18O6. The van der Waals surface area contributed by atoms with Gasteiger partial charge in [-0.05, 0) is 0 Å². The fourth-order valence-corrected chi connectivity index (χ4v) is 1.05. The molecular weight excluding hydrogens is 192 g/mol. The van der Waals surface area contributed by atoms with Crippen molar-refractivity contribution in [1.29, 1.82) is 0 Å². The van der Waals surface area contributed by atoms with E-state index in [0.717, 1.165) is 0 Å². The van der Waals surface area contributed by atoms with Gasteiger partial charge in [0, 0.05) is 6.42 Å². The van der Waals surface area contributed by atoms with Gasteiger partial charge in [0.25, 0.3) is 0 Å². The summed E-state index contributed by atoms with van der Waals surface area (Å²) >= 11 is 0. The van der Waals surface area contributed by atoms with E-state index >= 15 is 0 Å². The van der Waals surface area contributed by atoms with Crippen LogP contribution in [0, 0.1) is 5.41 Å². The average molecular weight is 210 g/mol. The van der Waals surface area contributed by atoms with Crippen LogP contribution in [0.5, 0.6) is 0 Å². The van der Waals surface area contributed by atoms with Crippen LogP contribution in [0.15, 0.2) is 0 Å². The lowest BCUT2D eigenvalue weighted by molar-refractivity contribution is -0.100. The number of aliphatic hydroxyl groups excluding tert-OH is 6. The standard InChI is InChI=1S/C8H18O6/c9-2-6(13)1-7(14)8(3-10,4-11)5-12/h6-7,9-14H,1-5H2. The number of aliphatic hydroxyl groups is 6. The Hall–Kier alpha value is -0.240. The molecule has 0 aromatic carbocycles. The molecule has 0 fully saturated rings. The summed E-state index contributed by atoms with van der Waals surface area (Å²) in [6, 6.07) is 0. The quantitative estimate of drug-likeness (QED) is 0.267. The maximum Gasteiger partial charge on any atom is 0.0795 e. The molecule has 86 valence electrons. The second-order valence-corrected chi connectivity index (χ2v) is 3.42. The molecule has 0 bridgehead atoms. The first-order chi connectivity index (χ1) is 6.56. The molecule has 0 saturated carbocycles. The zero-order valence-electron chi connectivity index (χ0n) is 7.87. The molecule has 6 heteroatoms. The summed E-state index contributed by atoms with van der Waals surface area (Å²) in [4.78, 5) is 0. The lowest BCUT2D eigenvalue weighted by Gasteiger charge is -2.33. The van der Waals surface area contributed by atoms with E-state index in [1.54, 1.807) is 0 Å². The van der Waals surface area contributed by atoms with Crippen molar-refractivity contribution in [2.24, 2.45) is 5.41 Å². The molecule has 0 aliphatic carbocycles. The molecule has 0 heterocycles. The van der Waals surface area contributed by atoms with Gasteiger partial charge in [0.1, 0.15) is 0 Å². The third kappa shape index (κ3) is 3.16. The van der Waals surface area contributed by atoms with E-state index in [-0.39, 0.29) is 6.42 Å². The topological polar surface area (TPSA) is 121 Å². The molecule has 0 spiro atoms. The largest absolute Gasteiger partial charge is 0.396 e. The molecule has 0 aromatic rings. The Balaban J connectivity index is 4.35. The highest BCUT2D eigenvalue weighted by Crippen LogP contribution is 2.23. The fourth-order valence-electron chi connectivity index (χ4n) is 1.05. The highest BCUT2D eigenvalue weighted by Gasteiger charge is 2.37. The summed E-state index contributed by atoms with van der Waals surface area (Å²) in [5, 5.41) is 53.8. The van der Waals surface area contributed by atoms with E-state index < -0.39 is 44.1 Å². The van der Waals surface area contributed by atoms with Crippen LogP contribution in [-0.2, 0) is 0 Å². The van der Waals surface area contributed by atoms with Crippen molar-refractivity contribution in [2.75, 3.05) is 26.4 Å².